The van der Waals surface area contributed by atoms with Gasteiger partial charge in [0.15, 0.2) is 0 Å². The minimum atomic E-state index is 0.503. The predicted octanol–water partition coefficient (Wildman–Crippen LogP) is 3.57. The van der Waals surface area contributed by atoms with Gasteiger partial charge in [-0.1, -0.05) is 25.1 Å². The zero-order chi connectivity index (χ0) is 15.2. The van der Waals surface area contributed by atoms with E-state index in [1.165, 1.54) is 5.56 Å². The van der Waals surface area contributed by atoms with Gasteiger partial charge >= 0.3 is 0 Å². The molecule has 0 aliphatic heterocycles. The molecule has 0 saturated heterocycles. The fourth-order valence-corrected chi connectivity index (χ4v) is 2.62. The Kier molecular flexibility index (Phi) is 5.82. The molecule has 0 amide bonds. The minimum absolute atomic E-state index is 0.503. The molecule has 0 spiro atoms. The SMILES string of the molecule is CCCNCc1ccccc1OCc1c(Br)c(C)nn1C. The number of aromatic nitrogens is 2. The van der Waals surface area contributed by atoms with Crippen LogP contribution in [0.15, 0.2) is 28.7 Å². The maximum atomic E-state index is 6.00. The molecule has 0 fully saturated rings. The van der Waals surface area contributed by atoms with E-state index in [2.05, 4.69) is 39.3 Å². The van der Waals surface area contributed by atoms with E-state index in [4.69, 9.17) is 4.74 Å². The zero-order valence-electron chi connectivity index (χ0n) is 12.8. The molecule has 0 bridgehead atoms. The molecular weight excluding hydrogens is 330 g/mol. The van der Waals surface area contributed by atoms with Crippen LogP contribution in [0.1, 0.15) is 30.3 Å². The van der Waals surface area contributed by atoms with Crippen LogP contribution < -0.4 is 10.1 Å². The monoisotopic (exact) mass is 351 g/mol. The molecular formula is C16H22BrN3O. The van der Waals surface area contributed by atoms with Crippen LogP contribution >= 0.6 is 15.9 Å². The molecule has 2 rings (SSSR count). The van der Waals surface area contributed by atoms with Crippen molar-refractivity contribution in [1.29, 1.82) is 0 Å². The van der Waals surface area contributed by atoms with Gasteiger partial charge < -0.3 is 10.1 Å². The number of benzene rings is 1. The third kappa shape index (κ3) is 4.08. The van der Waals surface area contributed by atoms with Gasteiger partial charge in [0, 0.05) is 19.2 Å². The summed E-state index contributed by atoms with van der Waals surface area (Å²) in [7, 11) is 1.94. The van der Waals surface area contributed by atoms with Crippen LogP contribution in [0.3, 0.4) is 0 Å². The molecule has 0 aliphatic carbocycles. The lowest BCUT2D eigenvalue weighted by Gasteiger charge is -2.12. The van der Waals surface area contributed by atoms with E-state index in [0.29, 0.717) is 6.61 Å². The summed E-state index contributed by atoms with van der Waals surface area (Å²) in [4.78, 5) is 0. The molecule has 5 heteroatoms. The Labute approximate surface area is 134 Å². The van der Waals surface area contributed by atoms with Crippen molar-refractivity contribution in [2.45, 2.75) is 33.4 Å². The smallest absolute Gasteiger partial charge is 0.131 e. The van der Waals surface area contributed by atoms with Crippen molar-refractivity contribution < 1.29 is 4.74 Å². The standard InChI is InChI=1S/C16H22BrN3O/c1-4-9-18-10-13-7-5-6-8-15(13)21-11-14-16(17)12(2)19-20(14)3/h5-8,18H,4,9-11H2,1-3H3. The van der Waals surface area contributed by atoms with Gasteiger partial charge in [0.2, 0.25) is 0 Å². The number of hydrogen-bond acceptors (Lipinski definition) is 3. The van der Waals surface area contributed by atoms with Gasteiger partial charge in [-0.05, 0) is 41.9 Å². The molecule has 0 unspecified atom stereocenters. The van der Waals surface area contributed by atoms with Gasteiger partial charge in [0.05, 0.1) is 15.9 Å². The summed E-state index contributed by atoms with van der Waals surface area (Å²) in [6.07, 6.45) is 1.13. The molecule has 4 nitrogen and oxygen atoms in total. The molecule has 1 heterocycles. The van der Waals surface area contributed by atoms with Crippen molar-refractivity contribution in [3.8, 4) is 5.75 Å². The van der Waals surface area contributed by atoms with Crippen LogP contribution in [0, 0.1) is 6.92 Å². The first-order chi connectivity index (χ1) is 10.1. The molecule has 0 saturated carbocycles. The Morgan fingerprint density at radius 2 is 2.10 bits per heavy atom. The van der Waals surface area contributed by atoms with Crippen molar-refractivity contribution in [2.75, 3.05) is 6.54 Å². The molecule has 0 atom stereocenters. The fourth-order valence-electron chi connectivity index (χ4n) is 2.17. The largest absolute Gasteiger partial charge is 0.487 e. The van der Waals surface area contributed by atoms with Gasteiger partial charge in [-0.3, -0.25) is 4.68 Å². The van der Waals surface area contributed by atoms with Gasteiger partial charge in [-0.15, -0.1) is 0 Å². The molecule has 1 N–H and O–H groups in total. The first-order valence-corrected chi connectivity index (χ1v) is 8.02. The summed E-state index contributed by atoms with van der Waals surface area (Å²) >= 11 is 3.57. The van der Waals surface area contributed by atoms with Crippen LogP contribution in [0.25, 0.3) is 0 Å². The summed E-state index contributed by atoms with van der Waals surface area (Å²) in [6, 6.07) is 8.16. The Balaban J connectivity index is 2.06. The lowest BCUT2D eigenvalue weighted by atomic mass is 10.2. The van der Waals surface area contributed by atoms with Crippen LogP contribution in [0.5, 0.6) is 5.75 Å². The maximum Gasteiger partial charge on any atom is 0.131 e. The Morgan fingerprint density at radius 3 is 2.76 bits per heavy atom. The number of hydrogen-bond donors (Lipinski definition) is 1. The van der Waals surface area contributed by atoms with E-state index in [1.807, 2.05) is 36.9 Å². The number of aryl methyl sites for hydroxylation is 2. The summed E-state index contributed by atoms with van der Waals surface area (Å²) in [5, 5.41) is 7.79. The third-order valence-corrected chi connectivity index (χ3v) is 4.37. The molecule has 21 heavy (non-hydrogen) atoms. The second-order valence-electron chi connectivity index (χ2n) is 5.04. The zero-order valence-corrected chi connectivity index (χ0v) is 14.4. The average molecular weight is 352 g/mol. The van der Waals surface area contributed by atoms with Crippen molar-refractivity contribution in [3.05, 3.63) is 45.7 Å². The molecule has 1 aromatic carbocycles. The number of halogens is 1. The van der Waals surface area contributed by atoms with Crippen molar-refractivity contribution in [3.63, 3.8) is 0 Å². The lowest BCUT2D eigenvalue weighted by Crippen LogP contribution is -2.14. The van der Waals surface area contributed by atoms with Crippen LogP contribution in [0.2, 0.25) is 0 Å². The van der Waals surface area contributed by atoms with Gasteiger partial charge in [0.25, 0.3) is 0 Å². The highest BCUT2D eigenvalue weighted by atomic mass is 79.9. The number of para-hydroxylation sites is 1. The first kappa shape index (κ1) is 16.0. The molecule has 2 aromatic rings. The highest BCUT2D eigenvalue weighted by Gasteiger charge is 2.12. The van der Waals surface area contributed by atoms with E-state index in [-0.39, 0.29) is 0 Å². The number of nitrogens with one attached hydrogen (secondary N) is 1. The number of rotatable bonds is 7. The molecule has 114 valence electrons. The average Bonchev–Trinajstić information content (AvgIpc) is 2.72. The van der Waals surface area contributed by atoms with E-state index in [0.717, 1.165) is 41.1 Å². The van der Waals surface area contributed by atoms with Crippen LogP contribution in [-0.4, -0.2) is 16.3 Å². The summed E-state index contributed by atoms with van der Waals surface area (Å²) in [6.45, 7) is 6.49. The maximum absolute atomic E-state index is 6.00. The van der Waals surface area contributed by atoms with E-state index < -0.39 is 0 Å². The van der Waals surface area contributed by atoms with E-state index in [9.17, 15) is 0 Å². The van der Waals surface area contributed by atoms with Crippen molar-refractivity contribution in [1.82, 2.24) is 15.1 Å². The third-order valence-electron chi connectivity index (χ3n) is 3.34. The summed E-state index contributed by atoms with van der Waals surface area (Å²) < 4.78 is 8.88. The predicted molar refractivity (Wildman–Crippen MR) is 88.4 cm³/mol. The minimum Gasteiger partial charge on any atom is -0.487 e. The van der Waals surface area contributed by atoms with Crippen LogP contribution in [0.4, 0.5) is 0 Å². The Morgan fingerprint density at radius 1 is 1.33 bits per heavy atom. The number of nitrogens with zero attached hydrogens (tertiary/aromatic N) is 2. The number of ether oxygens (including phenoxy) is 1. The van der Waals surface area contributed by atoms with Crippen LogP contribution in [-0.2, 0) is 20.2 Å². The highest BCUT2D eigenvalue weighted by Crippen LogP contribution is 2.24. The first-order valence-electron chi connectivity index (χ1n) is 7.22. The van der Waals surface area contributed by atoms with Crippen molar-refractivity contribution in [2.24, 2.45) is 7.05 Å². The van der Waals surface area contributed by atoms with Gasteiger partial charge in [-0.2, -0.15) is 5.10 Å². The highest BCUT2D eigenvalue weighted by molar-refractivity contribution is 9.10. The molecule has 0 aliphatic rings. The lowest BCUT2D eigenvalue weighted by molar-refractivity contribution is 0.290. The van der Waals surface area contributed by atoms with E-state index >= 15 is 0 Å². The quantitative estimate of drug-likeness (QED) is 0.775. The normalized spacial score (nSPS) is 10.9. The summed E-state index contributed by atoms with van der Waals surface area (Å²) in [5.74, 6) is 0.923. The topological polar surface area (TPSA) is 39.1 Å². The summed E-state index contributed by atoms with van der Waals surface area (Å²) in [5.41, 5.74) is 3.21. The second kappa shape index (κ2) is 7.61. The Hall–Kier alpha value is -1.33. The van der Waals surface area contributed by atoms with Crippen molar-refractivity contribution >= 4 is 15.9 Å². The van der Waals surface area contributed by atoms with E-state index in [1.54, 1.807) is 0 Å². The molecule has 0 radical (unpaired) electrons. The van der Waals surface area contributed by atoms with Gasteiger partial charge in [-0.25, -0.2) is 0 Å². The fraction of sp³-hybridized carbons (Fsp3) is 0.438. The second-order valence-corrected chi connectivity index (χ2v) is 5.84. The Bertz CT molecular complexity index is 595. The van der Waals surface area contributed by atoms with Gasteiger partial charge in [0.1, 0.15) is 12.4 Å². The molecule has 1 aromatic heterocycles.